The third-order valence-corrected chi connectivity index (χ3v) is 2.88. The van der Waals surface area contributed by atoms with E-state index in [1.54, 1.807) is 4.90 Å². The van der Waals surface area contributed by atoms with E-state index in [0.29, 0.717) is 0 Å². The van der Waals surface area contributed by atoms with Gasteiger partial charge in [-0.05, 0) is 45.5 Å². The van der Waals surface area contributed by atoms with Crippen LogP contribution in [0.3, 0.4) is 0 Å². The average molecular weight is 234 g/mol. The van der Waals surface area contributed by atoms with Crippen LogP contribution in [0.2, 0.25) is 0 Å². The number of benzene rings is 1. The number of nitrogens with zero attached hydrogens (tertiary/aromatic N) is 1. The zero-order valence-electron chi connectivity index (χ0n) is 11.2. The minimum atomic E-state index is 0.110. The lowest BCUT2D eigenvalue weighted by molar-refractivity contribution is 0.0793. The molecule has 0 fully saturated rings. The molecule has 0 bridgehead atoms. The van der Waals surface area contributed by atoms with E-state index >= 15 is 0 Å². The molecule has 0 aliphatic heterocycles. The number of hydrogen-bond acceptors (Lipinski definition) is 2. The first-order chi connectivity index (χ1) is 8.06. The Kier molecular flexibility index (Phi) is 5.16. The number of amides is 1. The van der Waals surface area contributed by atoms with E-state index in [2.05, 4.69) is 11.4 Å². The van der Waals surface area contributed by atoms with Crippen LogP contribution < -0.4 is 5.32 Å². The molecule has 0 saturated carbocycles. The van der Waals surface area contributed by atoms with Crippen LogP contribution >= 0.6 is 0 Å². The molecule has 0 aromatic heterocycles. The zero-order chi connectivity index (χ0) is 12.8. The Morgan fingerprint density at radius 1 is 1.35 bits per heavy atom. The van der Waals surface area contributed by atoms with Crippen molar-refractivity contribution in [1.82, 2.24) is 10.2 Å². The van der Waals surface area contributed by atoms with Crippen molar-refractivity contribution in [2.75, 3.05) is 27.2 Å². The number of hydrogen-bond donors (Lipinski definition) is 1. The van der Waals surface area contributed by atoms with Gasteiger partial charge in [-0.2, -0.15) is 0 Å². The highest BCUT2D eigenvalue weighted by molar-refractivity contribution is 5.95. The number of aryl methyl sites for hydroxylation is 2. The molecule has 0 aliphatic carbocycles. The fraction of sp³-hybridized carbons (Fsp3) is 0.500. The van der Waals surface area contributed by atoms with Crippen LogP contribution in [0.4, 0.5) is 0 Å². The summed E-state index contributed by atoms with van der Waals surface area (Å²) in [4.78, 5) is 14.0. The highest BCUT2D eigenvalue weighted by Gasteiger charge is 2.13. The minimum absolute atomic E-state index is 0.110. The first kappa shape index (κ1) is 13.7. The monoisotopic (exact) mass is 234 g/mol. The summed E-state index contributed by atoms with van der Waals surface area (Å²) < 4.78 is 0. The second-order valence-electron chi connectivity index (χ2n) is 4.50. The summed E-state index contributed by atoms with van der Waals surface area (Å²) in [5, 5.41) is 3.08. The second-order valence-corrected chi connectivity index (χ2v) is 4.50. The number of carbonyl (C=O) groups excluding carboxylic acids is 1. The van der Waals surface area contributed by atoms with Crippen LogP contribution in [0, 0.1) is 13.8 Å². The largest absolute Gasteiger partial charge is 0.342 e. The predicted octanol–water partition coefficient (Wildman–Crippen LogP) is 1.98. The molecule has 0 unspecified atom stereocenters. The lowest BCUT2D eigenvalue weighted by Gasteiger charge is -2.18. The Balaban J connectivity index is 2.68. The summed E-state index contributed by atoms with van der Waals surface area (Å²) in [6, 6.07) is 5.96. The highest BCUT2D eigenvalue weighted by Crippen LogP contribution is 2.12. The Hall–Kier alpha value is -1.35. The van der Waals surface area contributed by atoms with E-state index in [9.17, 15) is 4.79 Å². The van der Waals surface area contributed by atoms with Crippen LogP contribution in [-0.4, -0.2) is 38.0 Å². The molecule has 0 aliphatic rings. The molecule has 0 atom stereocenters. The third kappa shape index (κ3) is 3.86. The first-order valence-electron chi connectivity index (χ1n) is 6.03. The molecular formula is C14H22N2O. The van der Waals surface area contributed by atoms with Crippen LogP contribution in [0.15, 0.2) is 18.2 Å². The molecule has 1 N–H and O–H groups in total. The van der Waals surface area contributed by atoms with Gasteiger partial charge >= 0.3 is 0 Å². The maximum atomic E-state index is 12.2. The fourth-order valence-corrected chi connectivity index (χ4v) is 1.85. The Morgan fingerprint density at radius 3 is 2.65 bits per heavy atom. The Bertz CT molecular complexity index is 388. The van der Waals surface area contributed by atoms with Gasteiger partial charge in [-0.25, -0.2) is 0 Å². The molecule has 3 nitrogen and oxygen atoms in total. The Morgan fingerprint density at radius 2 is 2.06 bits per heavy atom. The van der Waals surface area contributed by atoms with E-state index in [1.165, 1.54) is 5.56 Å². The molecule has 1 rings (SSSR count). The maximum Gasteiger partial charge on any atom is 0.253 e. The molecule has 0 spiro atoms. The van der Waals surface area contributed by atoms with Crippen molar-refractivity contribution < 1.29 is 4.79 Å². The normalized spacial score (nSPS) is 10.4. The molecule has 94 valence electrons. The van der Waals surface area contributed by atoms with Gasteiger partial charge in [0, 0.05) is 19.2 Å². The molecule has 0 saturated heterocycles. The van der Waals surface area contributed by atoms with E-state index < -0.39 is 0 Å². The van der Waals surface area contributed by atoms with Crippen LogP contribution in [0.25, 0.3) is 0 Å². The van der Waals surface area contributed by atoms with Crippen molar-refractivity contribution in [2.45, 2.75) is 20.3 Å². The summed E-state index contributed by atoms with van der Waals surface area (Å²) >= 11 is 0. The summed E-state index contributed by atoms with van der Waals surface area (Å²) in [5.74, 6) is 0.110. The van der Waals surface area contributed by atoms with Gasteiger partial charge in [-0.15, -0.1) is 0 Å². The summed E-state index contributed by atoms with van der Waals surface area (Å²) in [6.07, 6.45) is 0.976. The zero-order valence-corrected chi connectivity index (χ0v) is 11.2. The van der Waals surface area contributed by atoms with Crippen LogP contribution in [0.5, 0.6) is 0 Å². The lowest BCUT2D eigenvalue weighted by Crippen LogP contribution is -2.29. The van der Waals surface area contributed by atoms with Crippen molar-refractivity contribution >= 4 is 5.91 Å². The fourth-order valence-electron chi connectivity index (χ4n) is 1.85. The van der Waals surface area contributed by atoms with E-state index in [4.69, 9.17) is 0 Å². The van der Waals surface area contributed by atoms with Crippen LogP contribution in [-0.2, 0) is 0 Å². The molecule has 17 heavy (non-hydrogen) atoms. The van der Waals surface area contributed by atoms with Gasteiger partial charge in [0.05, 0.1) is 0 Å². The van der Waals surface area contributed by atoms with Gasteiger partial charge in [0.25, 0.3) is 5.91 Å². The molecule has 1 aromatic rings. The highest BCUT2D eigenvalue weighted by atomic mass is 16.2. The predicted molar refractivity (Wildman–Crippen MR) is 71.4 cm³/mol. The van der Waals surface area contributed by atoms with E-state index in [-0.39, 0.29) is 5.91 Å². The number of carbonyl (C=O) groups is 1. The van der Waals surface area contributed by atoms with Crippen molar-refractivity contribution in [3.05, 3.63) is 34.9 Å². The average Bonchev–Trinajstić information content (AvgIpc) is 2.28. The molecule has 0 heterocycles. The Labute approximate surface area is 104 Å². The SMILES string of the molecule is CNCCCN(C)C(=O)c1ccc(C)cc1C. The summed E-state index contributed by atoms with van der Waals surface area (Å²) in [7, 11) is 3.78. The quantitative estimate of drug-likeness (QED) is 0.790. The maximum absolute atomic E-state index is 12.2. The lowest BCUT2D eigenvalue weighted by atomic mass is 10.0. The standard InChI is InChI=1S/C14H22N2O/c1-11-6-7-13(12(2)10-11)14(17)16(4)9-5-8-15-3/h6-7,10,15H,5,8-9H2,1-4H3. The molecule has 1 aromatic carbocycles. The van der Waals surface area contributed by atoms with Gasteiger partial charge in [-0.1, -0.05) is 17.7 Å². The number of nitrogens with one attached hydrogen (secondary N) is 1. The third-order valence-electron chi connectivity index (χ3n) is 2.88. The van der Waals surface area contributed by atoms with Crippen molar-refractivity contribution in [3.8, 4) is 0 Å². The molecule has 3 heteroatoms. The second kappa shape index (κ2) is 6.40. The van der Waals surface area contributed by atoms with Gasteiger partial charge in [0.15, 0.2) is 0 Å². The van der Waals surface area contributed by atoms with Gasteiger partial charge in [0.2, 0.25) is 0 Å². The smallest absolute Gasteiger partial charge is 0.253 e. The van der Waals surface area contributed by atoms with Gasteiger partial charge < -0.3 is 10.2 Å². The molecular weight excluding hydrogens is 212 g/mol. The first-order valence-corrected chi connectivity index (χ1v) is 6.03. The van der Waals surface area contributed by atoms with Gasteiger partial charge in [-0.3, -0.25) is 4.79 Å². The minimum Gasteiger partial charge on any atom is -0.342 e. The summed E-state index contributed by atoms with van der Waals surface area (Å²) in [5.41, 5.74) is 3.05. The van der Waals surface area contributed by atoms with E-state index in [1.807, 2.05) is 40.1 Å². The number of rotatable bonds is 5. The van der Waals surface area contributed by atoms with Crippen molar-refractivity contribution in [2.24, 2.45) is 0 Å². The van der Waals surface area contributed by atoms with Gasteiger partial charge in [0.1, 0.15) is 0 Å². The molecule has 0 radical (unpaired) electrons. The van der Waals surface area contributed by atoms with E-state index in [0.717, 1.165) is 30.6 Å². The van der Waals surface area contributed by atoms with Crippen molar-refractivity contribution in [1.29, 1.82) is 0 Å². The van der Waals surface area contributed by atoms with Crippen LogP contribution in [0.1, 0.15) is 27.9 Å². The topological polar surface area (TPSA) is 32.3 Å². The molecule has 1 amide bonds. The van der Waals surface area contributed by atoms with Crippen molar-refractivity contribution in [3.63, 3.8) is 0 Å². The summed E-state index contributed by atoms with van der Waals surface area (Å²) in [6.45, 7) is 5.75.